The maximum atomic E-state index is 14.0. The van der Waals surface area contributed by atoms with Crippen molar-refractivity contribution < 1.29 is 42.8 Å². The quantitative estimate of drug-likeness (QED) is 0.106. The Morgan fingerprint density at radius 3 is 2.07 bits per heavy atom. The number of ether oxygens (including phenoxy) is 6. The molecule has 2 atom stereocenters. The van der Waals surface area contributed by atoms with Gasteiger partial charge in [-0.2, -0.15) is 0 Å². The maximum Gasteiger partial charge on any atom is 0.261 e. The highest BCUT2D eigenvalue weighted by molar-refractivity contribution is 6.15. The third-order valence-corrected chi connectivity index (χ3v) is 11.3. The summed E-state index contributed by atoms with van der Waals surface area (Å²) in [6, 6.07) is 28.5. The number of carbonyl (C=O) groups excluding carboxylic acids is 3. The van der Waals surface area contributed by atoms with Crippen LogP contribution in [0.1, 0.15) is 56.3 Å². The predicted octanol–water partition coefficient (Wildman–Crippen LogP) is 7.52. The minimum atomic E-state index is -0.183. The Morgan fingerprint density at radius 2 is 1.36 bits per heavy atom. The van der Waals surface area contributed by atoms with Crippen LogP contribution < -0.4 is 38.8 Å². The summed E-state index contributed by atoms with van der Waals surface area (Å²) in [6.07, 6.45) is 3.88. The van der Waals surface area contributed by atoms with Crippen molar-refractivity contribution in [3.8, 4) is 28.7 Å². The van der Waals surface area contributed by atoms with Crippen LogP contribution in [0, 0.1) is 0 Å². The first-order valence-corrected chi connectivity index (χ1v) is 20.4. The molecule has 0 fully saturated rings. The van der Waals surface area contributed by atoms with E-state index in [4.69, 9.17) is 33.4 Å². The molecule has 0 aliphatic carbocycles. The number of anilines is 3. The third-order valence-electron chi connectivity index (χ3n) is 11.3. The number of ketones is 1. The van der Waals surface area contributed by atoms with E-state index in [0.29, 0.717) is 83.8 Å². The van der Waals surface area contributed by atoms with Crippen molar-refractivity contribution in [1.29, 1.82) is 0 Å². The summed E-state index contributed by atoms with van der Waals surface area (Å²) in [7, 11) is 3.10. The summed E-state index contributed by atoms with van der Waals surface area (Å²) < 4.78 is 35.9. The van der Waals surface area contributed by atoms with Crippen molar-refractivity contribution in [2.45, 2.75) is 51.5 Å². The molecule has 0 saturated heterocycles. The van der Waals surface area contributed by atoms with Crippen molar-refractivity contribution in [1.82, 2.24) is 0 Å². The molecule has 61 heavy (non-hydrogen) atoms. The van der Waals surface area contributed by atoms with Gasteiger partial charge < -0.3 is 38.6 Å². The second-order valence-corrected chi connectivity index (χ2v) is 15.5. The number of Topliss-reactive ketones (excluding diaryl/α,β-unsaturated/α-hetero) is 1. The second-order valence-electron chi connectivity index (χ2n) is 15.5. The molecule has 13 heteroatoms. The molecule has 0 radical (unpaired) electrons. The van der Waals surface area contributed by atoms with E-state index in [1.807, 2.05) is 77.8 Å². The lowest BCUT2D eigenvalue weighted by Crippen LogP contribution is -2.39. The van der Waals surface area contributed by atoms with Gasteiger partial charge in [-0.05, 0) is 78.1 Å². The summed E-state index contributed by atoms with van der Waals surface area (Å²) in [5.41, 5.74) is 7.81. The molecule has 2 amide bonds. The van der Waals surface area contributed by atoms with E-state index in [-0.39, 0.29) is 49.5 Å². The van der Waals surface area contributed by atoms with Gasteiger partial charge in [0.25, 0.3) is 11.8 Å². The normalized spacial score (nSPS) is 16.8. The fraction of sp³-hybridized carbons (Fsp3) is 0.292. The van der Waals surface area contributed by atoms with E-state index in [9.17, 15) is 14.4 Å². The summed E-state index contributed by atoms with van der Waals surface area (Å²) in [4.78, 5) is 47.7. The number of hydrogen-bond acceptors (Lipinski definition) is 11. The predicted molar refractivity (Wildman–Crippen MR) is 231 cm³/mol. The number of aliphatic imine (C=N–C) groups is 1. The molecule has 1 N–H and O–H groups in total. The van der Waals surface area contributed by atoms with Crippen LogP contribution in [-0.4, -0.2) is 76.5 Å². The first kappa shape index (κ1) is 39.6. The van der Waals surface area contributed by atoms with Crippen LogP contribution in [0.15, 0.2) is 96.0 Å². The number of benzene rings is 5. The SMILES string of the molecule is COc1cc2c(cc1OCc1cc(COc3cc4c(cc3OC)C(=O)N3c5ccccc5C[C@H]3CN4)cc(OCCCOCC(C)=O)c1)N=C[C@@H]1Cc3ccccc3N1C2=O. The van der Waals surface area contributed by atoms with Gasteiger partial charge in [0, 0.05) is 49.1 Å². The fourth-order valence-electron chi connectivity index (χ4n) is 8.47. The number of nitrogens with zero attached hydrogens (tertiary/aromatic N) is 3. The Kier molecular flexibility index (Phi) is 11.0. The Labute approximate surface area is 353 Å². The number of rotatable bonds is 15. The van der Waals surface area contributed by atoms with Crippen LogP contribution in [-0.2, 0) is 35.6 Å². The van der Waals surface area contributed by atoms with Gasteiger partial charge >= 0.3 is 0 Å². The van der Waals surface area contributed by atoms with Crippen molar-refractivity contribution >= 4 is 46.6 Å². The highest BCUT2D eigenvalue weighted by Crippen LogP contribution is 2.43. The number of nitrogens with one attached hydrogen (secondary N) is 1. The highest BCUT2D eigenvalue weighted by atomic mass is 16.5. The summed E-state index contributed by atoms with van der Waals surface area (Å²) >= 11 is 0. The molecule has 4 heterocycles. The zero-order valence-electron chi connectivity index (χ0n) is 34.3. The third kappa shape index (κ3) is 7.96. The number of methoxy groups -OCH3 is 2. The van der Waals surface area contributed by atoms with Gasteiger partial charge in [0.15, 0.2) is 28.8 Å². The average Bonchev–Trinajstić information content (AvgIpc) is 3.76. The van der Waals surface area contributed by atoms with Gasteiger partial charge in [-0.1, -0.05) is 36.4 Å². The van der Waals surface area contributed by atoms with Crippen LogP contribution >= 0.6 is 0 Å². The summed E-state index contributed by atoms with van der Waals surface area (Å²) in [5, 5.41) is 3.49. The zero-order valence-corrected chi connectivity index (χ0v) is 34.3. The lowest BCUT2D eigenvalue weighted by Gasteiger charge is -2.22. The van der Waals surface area contributed by atoms with Crippen molar-refractivity contribution in [2.75, 3.05) is 55.7 Å². The number of amides is 2. The first-order valence-electron chi connectivity index (χ1n) is 20.4. The molecular formula is C48H46N4O9. The Morgan fingerprint density at radius 1 is 0.721 bits per heavy atom. The van der Waals surface area contributed by atoms with E-state index in [0.717, 1.165) is 40.0 Å². The molecule has 4 aliphatic heterocycles. The van der Waals surface area contributed by atoms with Crippen LogP contribution in [0.25, 0.3) is 0 Å². The minimum Gasteiger partial charge on any atom is -0.493 e. The molecule has 0 spiro atoms. The Hall–Kier alpha value is -6.86. The van der Waals surface area contributed by atoms with Crippen LogP contribution in [0.3, 0.4) is 0 Å². The number of para-hydroxylation sites is 2. The van der Waals surface area contributed by atoms with E-state index in [1.54, 1.807) is 37.3 Å². The zero-order chi connectivity index (χ0) is 42.0. The lowest BCUT2D eigenvalue weighted by molar-refractivity contribution is -0.121. The summed E-state index contributed by atoms with van der Waals surface area (Å²) in [6.45, 7) is 3.17. The number of hydrogen-bond donors (Lipinski definition) is 1. The van der Waals surface area contributed by atoms with E-state index < -0.39 is 0 Å². The van der Waals surface area contributed by atoms with Gasteiger partial charge in [0.2, 0.25) is 0 Å². The molecule has 312 valence electrons. The molecule has 13 nitrogen and oxygen atoms in total. The van der Waals surface area contributed by atoms with Gasteiger partial charge in [0.05, 0.1) is 62.0 Å². The molecule has 0 bridgehead atoms. The van der Waals surface area contributed by atoms with Gasteiger partial charge in [-0.25, -0.2) is 0 Å². The van der Waals surface area contributed by atoms with E-state index in [1.165, 1.54) is 6.92 Å². The Bertz CT molecular complexity index is 2560. The van der Waals surface area contributed by atoms with Gasteiger partial charge in [-0.3, -0.25) is 24.3 Å². The van der Waals surface area contributed by atoms with E-state index >= 15 is 0 Å². The Balaban J connectivity index is 0.946. The molecule has 0 aromatic heterocycles. The van der Waals surface area contributed by atoms with Gasteiger partial charge in [-0.15, -0.1) is 0 Å². The minimum absolute atomic E-state index is 0.00592. The summed E-state index contributed by atoms with van der Waals surface area (Å²) in [5.74, 6) is 2.08. The van der Waals surface area contributed by atoms with Crippen LogP contribution in [0.5, 0.6) is 28.7 Å². The standard InChI is InChI=1S/C48H46N4O9/c1-29(53)26-58-13-8-14-59-36-16-30(27-60-45-22-39-37(20-43(45)56-2)47(54)51-34(24-49-39)18-32-9-4-6-11-41(32)51)15-31(17-36)28-61-46-23-40-38(21-44(46)57-3)48(55)52-35(25-50-40)19-33-10-5-7-12-42(33)52/h4-7,9-12,15-17,20-24,34-35,50H,8,13-14,18-19,25-28H2,1-3H3/t34-,35-/m0/s1. The molecule has 5 aromatic rings. The first-order chi connectivity index (χ1) is 29.8. The molecule has 0 unspecified atom stereocenters. The average molecular weight is 823 g/mol. The topological polar surface area (TPSA) is 137 Å². The number of carbonyl (C=O) groups is 3. The largest absolute Gasteiger partial charge is 0.493 e. The van der Waals surface area contributed by atoms with Crippen LogP contribution in [0.4, 0.5) is 22.7 Å². The molecule has 9 rings (SSSR count). The second kappa shape index (κ2) is 17.0. The molecular weight excluding hydrogens is 777 g/mol. The van der Waals surface area contributed by atoms with Crippen LogP contribution in [0.2, 0.25) is 0 Å². The van der Waals surface area contributed by atoms with Crippen molar-refractivity contribution in [3.05, 3.63) is 124 Å². The molecule has 0 saturated carbocycles. The van der Waals surface area contributed by atoms with E-state index in [2.05, 4.69) is 11.4 Å². The van der Waals surface area contributed by atoms with Gasteiger partial charge in [0.1, 0.15) is 25.6 Å². The molecule has 5 aromatic carbocycles. The lowest BCUT2D eigenvalue weighted by atomic mass is 10.1. The smallest absolute Gasteiger partial charge is 0.261 e. The highest BCUT2D eigenvalue weighted by Gasteiger charge is 2.38. The number of fused-ring (bicyclic) bond motifs is 8. The fourth-order valence-corrected chi connectivity index (χ4v) is 8.47. The maximum absolute atomic E-state index is 14.0. The van der Waals surface area contributed by atoms with Crippen molar-refractivity contribution in [2.24, 2.45) is 4.99 Å². The monoisotopic (exact) mass is 822 g/mol. The molecule has 4 aliphatic rings. The van der Waals surface area contributed by atoms with Crippen molar-refractivity contribution in [3.63, 3.8) is 0 Å².